The minimum atomic E-state index is -4.16. The maximum absolute atomic E-state index is 14.1. The number of aromatic nitrogens is 3. The van der Waals surface area contributed by atoms with Crippen molar-refractivity contribution in [2.75, 3.05) is 4.72 Å². The van der Waals surface area contributed by atoms with Crippen LogP contribution in [0.15, 0.2) is 78.1 Å². The van der Waals surface area contributed by atoms with Crippen molar-refractivity contribution in [3.05, 3.63) is 83.8 Å². The van der Waals surface area contributed by atoms with Crippen molar-refractivity contribution < 1.29 is 21.9 Å². The lowest BCUT2D eigenvalue weighted by Gasteiger charge is -2.13. The summed E-state index contributed by atoms with van der Waals surface area (Å²) in [7, 11) is -4.16. The maximum atomic E-state index is 14.1. The summed E-state index contributed by atoms with van der Waals surface area (Å²) in [6, 6.07) is 9.57. The van der Waals surface area contributed by atoms with E-state index in [1.807, 2.05) is 13.8 Å². The lowest BCUT2D eigenvalue weighted by molar-refractivity contribution is 0.0124. The largest absolute Gasteiger partial charge is 0.492 e. The number of hydrogen-bond acceptors (Lipinski definition) is 5. The Hall–Kier alpha value is -3.53. The lowest BCUT2D eigenvalue weighted by atomic mass is 10.2. The molecule has 0 saturated heterocycles. The number of pyridine rings is 1. The molecule has 0 aliphatic heterocycles. The number of alkyl halides is 2. The molecule has 0 atom stereocenters. The molecule has 180 valence electrons. The Labute approximate surface area is 197 Å². The number of nitrogens with one attached hydrogen (secondary N) is 1. The zero-order valence-corrected chi connectivity index (χ0v) is 20.1. The van der Waals surface area contributed by atoms with Gasteiger partial charge in [-0.2, -0.15) is 13.9 Å². The van der Waals surface area contributed by atoms with E-state index in [1.165, 1.54) is 18.2 Å². The van der Waals surface area contributed by atoms with E-state index in [4.69, 9.17) is 4.74 Å². The summed E-state index contributed by atoms with van der Waals surface area (Å²) in [6.07, 6.45) is 5.60. The number of hydrogen-bond donors (Lipinski definition) is 1. The van der Waals surface area contributed by atoms with Gasteiger partial charge in [-0.15, -0.1) is 0 Å². The van der Waals surface area contributed by atoms with Crippen molar-refractivity contribution in [3.8, 4) is 5.69 Å². The number of halogens is 2. The molecule has 10 heteroatoms. The number of fused-ring (bicyclic) bond motifs is 1. The standard InChI is InChI=1S/C24H26F2N4O3S/c1-6-18(13-12-17(4)33-16(2)3)34(31,32)29-23-15-22(24(5,25)26)28-30(23)21-11-7-10-20-19(21)9-8-14-27-20/h6-16,29H,4H2,1-3,5H3/b13-12-,18-6+. The smallest absolute Gasteiger partial charge is 0.288 e. The van der Waals surface area contributed by atoms with Crippen LogP contribution in [0, 0.1) is 0 Å². The Kier molecular flexibility index (Phi) is 7.21. The molecule has 34 heavy (non-hydrogen) atoms. The number of anilines is 1. The molecule has 0 amide bonds. The Balaban J connectivity index is 2.06. The molecule has 2 aromatic heterocycles. The van der Waals surface area contributed by atoms with E-state index in [-0.39, 0.29) is 22.6 Å². The van der Waals surface area contributed by atoms with E-state index >= 15 is 0 Å². The van der Waals surface area contributed by atoms with Crippen molar-refractivity contribution in [1.82, 2.24) is 14.8 Å². The molecule has 0 radical (unpaired) electrons. The normalized spacial score (nSPS) is 13.1. The highest BCUT2D eigenvalue weighted by atomic mass is 32.2. The molecule has 0 spiro atoms. The molecule has 0 saturated carbocycles. The number of ether oxygens (including phenoxy) is 1. The maximum Gasteiger partial charge on any atom is 0.288 e. The molecule has 0 aliphatic carbocycles. The van der Waals surface area contributed by atoms with Gasteiger partial charge in [0.2, 0.25) is 0 Å². The monoisotopic (exact) mass is 488 g/mol. The number of rotatable bonds is 9. The fourth-order valence-corrected chi connectivity index (χ4v) is 4.27. The van der Waals surface area contributed by atoms with Gasteiger partial charge in [0.05, 0.1) is 22.2 Å². The third kappa shape index (κ3) is 5.69. The van der Waals surface area contributed by atoms with Gasteiger partial charge in [0, 0.05) is 24.6 Å². The molecular formula is C24H26F2N4O3S. The van der Waals surface area contributed by atoms with Crippen molar-refractivity contribution >= 4 is 26.7 Å². The molecule has 7 nitrogen and oxygen atoms in total. The highest BCUT2D eigenvalue weighted by Crippen LogP contribution is 2.32. The summed E-state index contributed by atoms with van der Waals surface area (Å²) >= 11 is 0. The first-order chi connectivity index (χ1) is 15.9. The minimum absolute atomic E-state index is 0.0989. The number of nitrogens with zero attached hydrogens (tertiary/aromatic N) is 3. The summed E-state index contributed by atoms with van der Waals surface area (Å²) in [4.78, 5) is 4.16. The zero-order valence-electron chi connectivity index (χ0n) is 19.3. The van der Waals surface area contributed by atoms with Crippen LogP contribution in [0.5, 0.6) is 0 Å². The molecule has 3 aromatic rings. The van der Waals surface area contributed by atoms with E-state index in [0.29, 0.717) is 23.5 Å². The summed E-state index contributed by atoms with van der Waals surface area (Å²) < 4.78 is 63.5. The van der Waals surface area contributed by atoms with E-state index in [9.17, 15) is 17.2 Å². The van der Waals surface area contributed by atoms with Crippen LogP contribution >= 0.6 is 0 Å². The summed E-state index contributed by atoms with van der Waals surface area (Å²) in [5.41, 5.74) is 0.423. The molecule has 0 fully saturated rings. The van der Waals surface area contributed by atoms with Gasteiger partial charge in [0.15, 0.2) is 0 Å². The second kappa shape index (κ2) is 9.76. The van der Waals surface area contributed by atoms with Crippen molar-refractivity contribution in [2.45, 2.75) is 39.7 Å². The predicted octanol–water partition coefficient (Wildman–Crippen LogP) is 5.67. The SMILES string of the molecule is C=C(/C=C\C(=C/C)S(=O)(=O)Nc1cc(C(C)(F)F)nn1-c1cccc2ncccc12)OC(C)C. The van der Waals surface area contributed by atoms with Gasteiger partial charge in [-0.05, 0) is 57.2 Å². The lowest BCUT2D eigenvalue weighted by Crippen LogP contribution is -2.17. The molecule has 0 bridgehead atoms. The Bertz CT molecular complexity index is 1370. The zero-order chi connectivity index (χ0) is 25.1. The van der Waals surface area contributed by atoms with Crippen LogP contribution in [0.25, 0.3) is 16.6 Å². The number of sulfonamides is 1. The second-order valence-electron chi connectivity index (χ2n) is 7.83. The molecule has 3 rings (SSSR count). The summed E-state index contributed by atoms with van der Waals surface area (Å²) in [5.74, 6) is -3.15. The first-order valence-electron chi connectivity index (χ1n) is 10.5. The van der Waals surface area contributed by atoms with Crippen LogP contribution in [0.3, 0.4) is 0 Å². The van der Waals surface area contributed by atoms with Crippen LogP contribution < -0.4 is 4.72 Å². The third-order valence-corrected chi connectivity index (χ3v) is 6.13. The molecule has 1 aromatic carbocycles. The van der Waals surface area contributed by atoms with Gasteiger partial charge in [-0.3, -0.25) is 9.71 Å². The molecule has 0 unspecified atom stereocenters. The van der Waals surface area contributed by atoms with Crippen molar-refractivity contribution in [2.24, 2.45) is 0 Å². The highest BCUT2D eigenvalue weighted by molar-refractivity contribution is 7.96. The van der Waals surface area contributed by atoms with Crippen LogP contribution in [0.1, 0.15) is 33.4 Å². The van der Waals surface area contributed by atoms with Crippen LogP contribution in [-0.4, -0.2) is 29.3 Å². The highest BCUT2D eigenvalue weighted by Gasteiger charge is 2.31. The molecule has 1 N–H and O–H groups in total. The van der Waals surface area contributed by atoms with Crippen molar-refractivity contribution in [1.29, 1.82) is 0 Å². The van der Waals surface area contributed by atoms with E-state index in [0.717, 1.165) is 10.7 Å². The second-order valence-corrected chi connectivity index (χ2v) is 9.51. The first-order valence-corrected chi connectivity index (χ1v) is 12.0. The fraction of sp³-hybridized carbons (Fsp3) is 0.250. The van der Waals surface area contributed by atoms with Gasteiger partial charge in [0.1, 0.15) is 17.3 Å². The molecular weight excluding hydrogens is 462 g/mol. The van der Waals surface area contributed by atoms with E-state index in [2.05, 4.69) is 21.4 Å². The topological polar surface area (TPSA) is 86.1 Å². The van der Waals surface area contributed by atoms with Gasteiger partial charge in [-0.1, -0.05) is 18.7 Å². The fourth-order valence-electron chi connectivity index (χ4n) is 3.18. The Morgan fingerprint density at radius 2 is 1.97 bits per heavy atom. The van der Waals surface area contributed by atoms with Crippen molar-refractivity contribution in [3.63, 3.8) is 0 Å². The van der Waals surface area contributed by atoms with Gasteiger partial charge >= 0.3 is 0 Å². The number of allylic oxidation sites excluding steroid dienone is 3. The average Bonchev–Trinajstić information content (AvgIpc) is 3.16. The van der Waals surface area contributed by atoms with E-state index in [1.54, 1.807) is 43.5 Å². The van der Waals surface area contributed by atoms with E-state index < -0.39 is 21.6 Å². The summed E-state index contributed by atoms with van der Waals surface area (Å²) in [5, 5.41) is 4.64. The minimum Gasteiger partial charge on any atom is -0.492 e. The van der Waals surface area contributed by atoms with Gasteiger partial charge < -0.3 is 4.74 Å². The first kappa shape index (κ1) is 25.1. The number of benzene rings is 1. The van der Waals surface area contributed by atoms with Crippen LogP contribution in [-0.2, 0) is 20.7 Å². The van der Waals surface area contributed by atoms with Gasteiger partial charge in [0.25, 0.3) is 15.9 Å². The Morgan fingerprint density at radius 3 is 2.62 bits per heavy atom. The van der Waals surface area contributed by atoms with Crippen LogP contribution in [0.2, 0.25) is 0 Å². The van der Waals surface area contributed by atoms with Gasteiger partial charge in [-0.25, -0.2) is 13.1 Å². The molecule has 2 heterocycles. The third-order valence-electron chi connectivity index (χ3n) is 4.66. The predicted molar refractivity (Wildman–Crippen MR) is 129 cm³/mol. The molecule has 0 aliphatic rings. The van der Waals surface area contributed by atoms with Crippen LogP contribution in [0.4, 0.5) is 14.6 Å². The Morgan fingerprint density at radius 1 is 1.24 bits per heavy atom. The quantitative estimate of drug-likeness (QED) is 0.310. The average molecular weight is 489 g/mol. The summed E-state index contributed by atoms with van der Waals surface area (Å²) in [6.45, 7) is 9.61.